The van der Waals surface area contributed by atoms with Gasteiger partial charge < -0.3 is 0 Å². The van der Waals surface area contributed by atoms with E-state index in [4.69, 9.17) is 0 Å². The number of aromatic nitrogens is 1. The lowest BCUT2D eigenvalue weighted by Crippen LogP contribution is -2.04. The maximum atomic E-state index is 4.32. The van der Waals surface area contributed by atoms with Gasteiger partial charge in [-0.25, -0.2) is 4.98 Å². The average molecular weight is 166 g/mol. The normalized spacial score (nSPS) is 20.4. The zero-order valence-corrected chi connectivity index (χ0v) is 7.36. The standard InChI is InChI=1S/C9H12NS/c1-2-4-8(5-3-1)9-10-6-7-11-9/h6-7H,1-5H2. The van der Waals surface area contributed by atoms with Gasteiger partial charge in [0.1, 0.15) is 0 Å². The predicted molar refractivity (Wildman–Crippen MR) is 47.5 cm³/mol. The van der Waals surface area contributed by atoms with Gasteiger partial charge in [0.25, 0.3) is 0 Å². The average Bonchev–Trinajstić information content (AvgIpc) is 2.58. The minimum atomic E-state index is 1.28. The van der Waals surface area contributed by atoms with Crippen LogP contribution in [-0.2, 0) is 0 Å². The van der Waals surface area contributed by atoms with Crippen molar-refractivity contribution in [1.29, 1.82) is 0 Å². The predicted octanol–water partition coefficient (Wildman–Crippen LogP) is 3.03. The van der Waals surface area contributed by atoms with E-state index in [1.54, 1.807) is 17.3 Å². The summed E-state index contributed by atoms with van der Waals surface area (Å²) in [5.74, 6) is 1.59. The molecule has 1 fully saturated rings. The summed E-state index contributed by atoms with van der Waals surface area (Å²) in [4.78, 5) is 4.32. The van der Waals surface area contributed by atoms with E-state index in [9.17, 15) is 0 Å². The first-order valence-corrected chi connectivity index (χ1v) is 5.09. The Labute approximate surface area is 71.5 Å². The fraction of sp³-hybridized carbons (Fsp3) is 0.556. The van der Waals surface area contributed by atoms with Crippen LogP contribution in [0.5, 0.6) is 0 Å². The summed E-state index contributed by atoms with van der Waals surface area (Å²) in [5, 5.41) is 3.35. The van der Waals surface area contributed by atoms with E-state index >= 15 is 0 Å². The second kappa shape index (κ2) is 3.35. The molecule has 1 nitrogen and oxygen atoms in total. The van der Waals surface area contributed by atoms with Gasteiger partial charge in [0.05, 0.1) is 5.01 Å². The molecule has 1 aromatic rings. The molecule has 0 saturated heterocycles. The van der Waals surface area contributed by atoms with Gasteiger partial charge in [0.2, 0.25) is 0 Å². The lowest BCUT2D eigenvalue weighted by Gasteiger charge is -2.17. The first-order chi connectivity index (χ1) is 5.47. The van der Waals surface area contributed by atoms with Crippen LogP contribution in [0.2, 0.25) is 0 Å². The van der Waals surface area contributed by atoms with Crippen molar-refractivity contribution in [3.8, 4) is 0 Å². The van der Waals surface area contributed by atoms with E-state index < -0.39 is 0 Å². The third-order valence-electron chi connectivity index (χ3n) is 2.19. The van der Waals surface area contributed by atoms with Crippen LogP contribution in [0.25, 0.3) is 0 Å². The molecule has 1 radical (unpaired) electrons. The van der Waals surface area contributed by atoms with Gasteiger partial charge in [0.15, 0.2) is 0 Å². The Bertz CT molecular complexity index is 199. The first-order valence-electron chi connectivity index (χ1n) is 4.21. The molecule has 0 aromatic carbocycles. The van der Waals surface area contributed by atoms with Crippen molar-refractivity contribution in [2.45, 2.75) is 32.1 Å². The Hall–Kier alpha value is -0.370. The topological polar surface area (TPSA) is 12.9 Å². The number of thiazole rings is 1. The van der Waals surface area contributed by atoms with Crippen LogP contribution in [0.1, 0.15) is 37.1 Å². The van der Waals surface area contributed by atoms with Crippen LogP contribution in [-0.4, -0.2) is 4.98 Å². The van der Waals surface area contributed by atoms with Crippen molar-refractivity contribution in [2.75, 3.05) is 0 Å². The number of nitrogens with zero attached hydrogens (tertiary/aromatic N) is 1. The minimum absolute atomic E-state index is 1.28. The van der Waals surface area contributed by atoms with Gasteiger partial charge >= 0.3 is 0 Å². The van der Waals surface area contributed by atoms with Crippen LogP contribution in [0, 0.1) is 5.92 Å². The van der Waals surface area contributed by atoms with Crippen molar-refractivity contribution in [3.63, 3.8) is 0 Å². The molecule has 1 aliphatic carbocycles. The molecule has 1 aromatic heterocycles. The summed E-state index contributed by atoms with van der Waals surface area (Å²) in [6, 6.07) is 0. The molecule has 0 spiro atoms. The molecule has 0 amide bonds. The zero-order chi connectivity index (χ0) is 7.52. The molecule has 59 valence electrons. The van der Waals surface area contributed by atoms with Crippen LogP contribution >= 0.6 is 11.3 Å². The monoisotopic (exact) mass is 166 g/mol. The van der Waals surface area contributed by atoms with Gasteiger partial charge in [0, 0.05) is 17.5 Å². The molecule has 2 rings (SSSR count). The number of hydrogen-bond acceptors (Lipinski definition) is 2. The largest absolute Gasteiger partial charge is 0.249 e. The number of hydrogen-bond donors (Lipinski definition) is 0. The first kappa shape index (κ1) is 7.29. The molecule has 0 unspecified atom stereocenters. The van der Waals surface area contributed by atoms with Crippen molar-refractivity contribution >= 4 is 11.3 Å². The van der Waals surface area contributed by atoms with Gasteiger partial charge in [-0.2, -0.15) is 0 Å². The molecule has 1 saturated carbocycles. The van der Waals surface area contributed by atoms with E-state index in [1.807, 2.05) is 6.20 Å². The Morgan fingerprint density at radius 1 is 1.18 bits per heavy atom. The van der Waals surface area contributed by atoms with Crippen LogP contribution in [0.3, 0.4) is 0 Å². The highest BCUT2D eigenvalue weighted by molar-refractivity contribution is 7.09. The molecular formula is C9H12NS. The highest BCUT2D eigenvalue weighted by Crippen LogP contribution is 2.32. The summed E-state index contributed by atoms with van der Waals surface area (Å²) < 4.78 is 0. The second-order valence-electron chi connectivity index (χ2n) is 3.00. The molecule has 0 bridgehead atoms. The van der Waals surface area contributed by atoms with Gasteiger partial charge in [-0.3, -0.25) is 0 Å². The molecule has 11 heavy (non-hydrogen) atoms. The quantitative estimate of drug-likeness (QED) is 0.625. The summed E-state index contributed by atoms with van der Waals surface area (Å²) in [7, 11) is 0. The van der Waals surface area contributed by atoms with Gasteiger partial charge in [-0.15, -0.1) is 11.3 Å². The maximum absolute atomic E-state index is 4.32. The van der Waals surface area contributed by atoms with E-state index in [0.29, 0.717) is 0 Å². The molecule has 0 aliphatic heterocycles. The molecule has 0 N–H and O–H groups in total. The minimum Gasteiger partial charge on any atom is -0.249 e. The number of rotatable bonds is 1. The van der Waals surface area contributed by atoms with E-state index in [-0.39, 0.29) is 0 Å². The maximum Gasteiger partial charge on any atom is 0.0996 e. The summed E-state index contributed by atoms with van der Waals surface area (Å²) >= 11 is 1.78. The Morgan fingerprint density at radius 2 is 2.00 bits per heavy atom. The highest BCUT2D eigenvalue weighted by atomic mass is 32.1. The Kier molecular flexibility index (Phi) is 2.22. The van der Waals surface area contributed by atoms with Gasteiger partial charge in [-0.1, -0.05) is 19.3 Å². The summed E-state index contributed by atoms with van der Waals surface area (Å²) in [6.45, 7) is 0. The van der Waals surface area contributed by atoms with E-state index in [0.717, 1.165) is 0 Å². The highest BCUT2D eigenvalue weighted by Gasteiger charge is 2.17. The van der Waals surface area contributed by atoms with Crippen LogP contribution < -0.4 is 0 Å². The molecular weight excluding hydrogens is 154 g/mol. The van der Waals surface area contributed by atoms with Crippen LogP contribution in [0.4, 0.5) is 0 Å². The molecule has 1 heterocycles. The van der Waals surface area contributed by atoms with Crippen LogP contribution in [0.15, 0.2) is 11.6 Å². The smallest absolute Gasteiger partial charge is 0.0996 e. The van der Waals surface area contributed by atoms with E-state index in [2.05, 4.69) is 10.4 Å². The van der Waals surface area contributed by atoms with Crippen molar-refractivity contribution in [3.05, 3.63) is 22.5 Å². The Balaban J connectivity index is 2.04. The zero-order valence-electron chi connectivity index (χ0n) is 6.55. The van der Waals surface area contributed by atoms with Crippen molar-refractivity contribution < 1.29 is 0 Å². The third-order valence-corrected chi connectivity index (χ3v) is 3.07. The summed E-state index contributed by atoms with van der Waals surface area (Å²) in [5.41, 5.74) is 0. The van der Waals surface area contributed by atoms with Crippen molar-refractivity contribution in [2.24, 2.45) is 0 Å². The molecule has 2 heteroatoms. The lowest BCUT2D eigenvalue weighted by atomic mass is 9.90. The fourth-order valence-corrected chi connectivity index (χ4v) is 2.33. The van der Waals surface area contributed by atoms with E-state index in [1.165, 1.54) is 37.1 Å². The third kappa shape index (κ3) is 1.62. The van der Waals surface area contributed by atoms with Crippen molar-refractivity contribution in [1.82, 2.24) is 4.98 Å². The second-order valence-corrected chi connectivity index (χ2v) is 3.90. The fourth-order valence-electron chi connectivity index (χ4n) is 1.59. The summed E-state index contributed by atoms with van der Waals surface area (Å²) in [6.07, 6.45) is 8.63. The van der Waals surface area contributed by atoms with Gasteiger partial charge in [-0.05, 0) is 12.8 Å². The lowest BCUT2D eigenvalue weighted by molar-refractivity contribution is 0.550. The Morgan fingerprint density at radius 3 is 2.64 bits per heavy atom. The molecule has 0 atom stereocenters. The molecule has 1 aliphatic rings. The SMILES string of the molecule is c1csc([C]2CCCCC2)n1.